The number of para-hydroxylation sites is 1. The molecule has 0 spiro atoms. The lowest BCUT2D eigenvalue weighted by Crippen LogP contribution is -2.21. The monoisotopic (exact) mass is 237 g/mol. The molecule has 0 radical (unpaired) electrons. The number of hydrogen-bond donors (Lipinski definition) is 0. The summed E-state index contributed by atoms with van der Waals surface area (Å²) in [5, 5.41) is 8.95. The number of benzene rings is 1. The van der Waals surface area contributed by atoms with Crippen LogP contribution in [-0.4, -0.2) is 20.3 Å². The first-order valence-corrected chi connectivity index (χ1v) is 6.35. The van der Waals surface area contributed by atoms with Gasteiger partial charge < -0.3 is 4.74 Å². The van der Waals surface area contributed by atoms with Crippen molar-refractivity contribution in [2.75, 3.05) is 7.11 Å². The van der Waals surface area contributed by atoms with Crippen LogP contribution in [0.5, 0.6) is 5.75 Å². The van der Waals surface area contributed by atoms with Crippen LogP contribution in [0, 0.1) is 11.3 Å². The van der Waals surface area contributed by atoms with E-state index < -0.39 is 14.6 Å². The van der Waals surface area contributed by atoms with Crippen molar-refractivity contribution in [1.29, 1.82) is 5.26 Å². The predicted molar refractivity (Wildman–Crippen MR) is 57.8 cm³/mol. The molecule has 5 heteroatoms. The van der Waals surface area contributed by atoms with Crippen LogP contribution in [0.2, 0.25) is 0 Å². The summed E-state index contributed by atoms with van der Waals surface area (Å²) in [7, 11) is -2.19. The van der Waals surface area contributed by atoms with Crippen LogP contribution in [0.15, 0.2) is 29.2 Å². The van der Waals surface area contributed by atoms with E-state index in [0.717, 1.165) is 0 Å². The molecule has 1 aliphatic rings. The topological polar surface area (TPSA) is 67.2 Å². The SMILES string of the molecule is COc1ccccc1S(=O)(=O)C1(C#N)CC1. The summed E-state index contributed by atoms with van der Waals surface area (Å²) in [6.45, 7) is 0. The number of methoxy groups -OCH3 is 1. The van der Waals surface area contributed by atoms with Gasteiger partial charge in [-0.15, -0.1) is 0 Å². The normalized spacial score (nSPS) is 17.5. The van der Waals surface area contributed by atoms with Gasteiger partial charge in [-0.2, -0.15) is 5.26 Å². The van der Waals surface area contributed by atoms with Gasteiger partial charge in [0.15, 0.2) is 4.75 Å². The summed E-state index contributed by atoms with van der Waals surface area (Å²) in [4.78, 5) is 0.108. The minimum Gasteiger partial charge on any atom is -0.495 e. The molecular formula is C11H11NO3S. The molecule has 0 atom stereocenters. The first-order chi connectivity index (χ1) is 7.57. The van der Waals surface area contributed by atoms with E-state index in [9.17, 15) is 8.42 Å². The minimum atomic E-state index is -3.61. The van der Waals surface area contributed by atoms with Crippen LogP contribution >= 0.6 is 0 Å². The molecule has 0 aliphatic heterocycles. The van der Waals surface area contributed by atoms with Gasteiger partial charge in [0.1, 0.15) is 10.6 Å². The summed E-state index contributed by atoms with van der Waals surface area (Å²) >= 11 is 0. The van der Waals surface area contributed by atoms with Gasteiger partial charge in [-0.25, -0.2) is 8.42 Å². The standard InChI is InChI=1S/C11H11NO3S/c1-15-9-4-2-3-5-10(9)16(13,14)11(8-12)6-7-11/h2-5H,6-7H2,1H3. The maximum absolute atomic E-state index is 12.2. The van der Waals surface area contributed by atoms with Crippen molar-refractivity contribution in [1.82, 2.24) is 0 Å². The maximum Gasteiger partial charge on any atom is 0.201 e. The lowest BCUT2D eigenvalue weighted by atomic mass is 10.3. The highest BCUT2D eigenvalue weighted by atomic mass is 32.2. The fourth-order valence-electron chi connectivity index (χ4n) is 1.61. The zero-order valence-corrected chi connectivity index (χ0v) is 9.62. The summed E-state index contributed by atoms with van der Waals surface area (Å²) in [5.74, 6) is 0.295. The molecule has 16 heavy (non-hydrogen) atoms. The smallest absolute Gasteiger partial charge is 0.201 e. The highest BCUT2D eigenvalue weighted by Gasteiger charge is 2.56. The molecule has 1 aliphatic carbocycles. The van der Waals surface area contributed by atoms with Crippen LogP contribution in [0.1, 0.15) is 12.8 Å². The molecule has 0 heterocycles. The second-order valence-corrected chi connectivity index (χ2v) is 5.99. The first-order valence-electron chi connectivity index (χ1n) is 4.86. The Morgan fingerprint density at radius 1 is 1.38 bits per heavy atom. The van der Waals surface area contributed by atoms with Crippen molar-refractivity contribution in [3.8, 4) is 11.8 Å². The number of sulfone groups is 1. The zero-order valence-electron chi connectivity index (χ0n) is 8.80. The van der Waals surface area contributed by atoms with Crippen LogP contribution < -0.4 is 4.74 Å². The number of nitrogens with zero attached hydrogens (tertiary/aromatic N) is 1. The lowest BCUT2D eigenvalue weighted by Gasteiger charge is -2.11. The molecule has 0 aromatic heterocycles. The molecule has 0 unspecified atom stereocenters. The van der Waals surface area contributed by atoms with Gasteiger partial charge in [0.25, 0.3) is 0 Å². The van der Waals surface area contributed by atoms with Crippen LogP contribution in [0.3, 0.4) is 0 Å². The third-order valence-electron chi connectivity index (χ3n) is 2.78. The molecular weight excluding hydrogens is 226 g/mol. The Balaban J connectivity index is 2.58. The van der Waals surface area contributed by atoms with Crippen LogP contribution in [0.4, 0.5) is 0 Å². The molecule has 1 aromatic rings. The Morgan fingerprint density at radius 3 is 2.50 bits per heavy atom. The number of ether oxygens (including phenoxy) is 1. The molecule has 1 fully saturated rings. The van der Waals surface area contributed by atoms with Crippen molar-refractivity contribution in [3.05, 3.63) is 24.3 Å². The first kappa shape index (κ1) is 11.0. The third-order valence-corrected chi connectivity index (χ3v) is 5.23. The summed E-state index contributed by atoms with van der Waals surface area (Å²) in [6, 6.07) is 8.29. The van der Waals surface area contributed by atoms with E-state index in [1.165, 1.54) is 13.2 Å². The molecule has 2 rings (SSSR count). The molecule has 1 saturated carbocycles. The van der Waals surface area contributed by atoms with Gasteiger partial charge in [0, 0.05) is 0 Å². The van der Waals surface area contributed by atoms with E-state index in [4.69, 9.17) is 10.00 Å². The summed E-state index contributed by atoms with van der Waals surface area (Å²) < 4.78 is 28.2. The number of nitriles is 1. The van der Waals surface area contributed by atoms with Gasteiger partial charge in [0.2, 0.25) is 9.84 Å². The highest BCUT2D eigenvalue weighted by Crippen LogP contribution is 2.47. The van der Waals surface area contributed by atoms with Crippen molar-refractivity contribution in [2.45, 2.75) is 22.5 Å². The van der Waals surface area contributed by atoms with Crippen LogP contribution in [-0.2, 0) is 9.84 Å². The van der Waals surface area contributed by atoms with Gasteiger partial charge >= 0.3 is 0 Å². The average molecular weight is 237 g/mol. The number of rotatable bonds is 3. The quantitative estimate of drug-likeness (QED) is 0.799. The van der Waals surface area contributed by atoms with Crippen molar-refractivity contribution < 1.29 is 13.2 Å². The van der Waals surface area contributed by atoms with Gasteiger partial charge in [-0.3, -0.25) is 0 Å². The Hall–Kier alpha value is -1.54. The Labute approximate surface area is 94.4 Å². The van der Waals surface area contributed by atoms with Gasteiger partial charge in [-0.1, -0.05) is 12.1 Å². The summed E-state index contributed by atoms with van der Waals surface area (Å²) in [5.41, 5.74) is 0. The molecule has 0 saturated heterocycles. The Kier molecular flexibility index (Phi) is 2.39. The molecule has 0 N–H and O–H groups in total. The molecule has 1 aromatic carbocycles. The van der Waals surface area contributed by atoms with Crippen molar-refractivity contribution in [3.63, 3.8) is 0 Å². The Morgan fingerprint density at radius 2 is 2.00 bits per heavy atom. The number of hydrogen-bond acceptors (Lipinski definition) is 4. The zero-order chi connectivity index (χ0) is 11.8. The van der Waals surface area contributed by atoms with Crippen molar-refractivity contribution >= 4 is 9.84 Å². The molecule has 4 nitrogen and oxygen atoms in total. The van der Waals surface area contributed by atoms with Gasteiger partial charge in [-0.05, 0) is 25.0 Å². The van der Waals surface area contributed by atoms with E-state index in [-0.39, 0.29) is 4.90 Å². The van der Waals surface area contributed by atoms with Gasteiger partial charge in [0.05, 0.1) is 13.2 Å². The third kappa shape index (κ3) is 1.38. The van der Waals surface area contributed by atoms with E-state index in [1.54, 1.807) is 18.2 Å². The van der Waals surface area contributed by atoms with Crippen molar-refractivity contribution in [2.24, 2.45) is 0 Å². The lowest BCUT2D eigenvalue weighted by molar-refractivity contribution is 0.402. The largest absolute Gasteiger partial charge is 0.495 e. The maximum atomic E-state index is 12.2. The van der Waals surface area contributed by atoms with Crippen LogP contribution in [0.25, 0.3) is 0 Å². The summed E-state index contributed by atoms with van der Waals surface area (Å²) in [6.07, 6.45) is 0.813. The second-order valence-electron chi connectivity index (χ2n) is 3.76. The fourth-order valence-corrected chi connectivity index (χ4v) is 3.46. The predicted octanol–water partition coefficient (Wildman–Crippen LogP) is 1.53. The molecule has 84 valence electrons. The molecule has 0 amide bonds. The van der Waals surface area contributed by atoms with E-state index in [1.807, 2.05) is 6.07 Å². The minimum absolute atomic E-state index is 0.108. The fraction of sp³-hybridized carbons (Fsp3) is 0.364. The Bertz CT molecular complexity index is 553. The van der Waals surface area contributed by atoms with E-state index >= 15 is 0 Å². The van der Waals surface area contributed by atoms with E-state index in [2.05, 4.69) is 0 Å². The average Bonchev–Trinajstić information content (AvgIpc) is 3.10. The van der Waals surface area contributed by atoms with E-state index in [0.29, 0.717) is 18.6 Å². The second kappa shape index (κ2) is 3.49. The highest BCUT2D eigenvalue weighted by molar-refractivity contribution is 7.93. The molecule has 0 bridgehead atoms.